The van der Waals surface area contributed by atoms with E-state index in [0.29, 0.717) is 29.5 Å². The van der Waals surface area contributed by atoms with Gasteiger partial charge in [-0.05, 0) is 38.3 Å². The van der Waals surface area contributed by atoms with E-state index < -0.39 is 43.4 Å². The van der Waals surface area contributed by atoms with Crippen LogP contribution < -0.4 is 16.0 Å². The first kappa shape index (κ1) is 21.3. The maximum absolute atomic E-state index is 14.5. The molecule has 3 rings (SSSR count). The number of aryl methyl sites for hydroxylation is 1. The van der Waals surface area contributed by atoms with Crippen LogP contribution in [0.15, 0.2) is 27.8 Å². The molecule has 1 saturated carbocycles. The van der Waals surface area contributed by atoms with Crippen molar-refractivity contribution in [1.82, 2.24) is 13.9 Å². The van der Waals surface area contributed by atoms with Crippen molar-refractivity contribution in [2.24, 2.45) is 7.05 Å². The monoisotopic (exact) mass is 443 g/mol. The van der Waals surface area contributed by atoms with E-state index in [2.05, 4.69) is 0 Å². The van der Waals surface area contributed by atoms with Gasteiger partial charge in [-0.2, -0.15) is 0 Å². The SMILES string of the molecule is CCC1(S(=O)(=O)NC(=O)c2cc(-n3c(=O)cc(C)n(C)c3=O)c(F)cc2Cl)CC1. The third-order valence-corrected chi connectivity index (χ3v) is 7.94. The minimum atomic E-state index is -3.97. The van der Waals surface area contributed by atoms with Crippen molar-refractivity contribution in [3.8, 4) is 5.69 Å². The molecule has 0 unspecified atom stereocenters. The maximum atomic E-state index is 14.5. The zero-order valence-corrected chi connectivity index (χ0v) is 17.5. The highest BCUT2D eigenvalue weighted by Crippen LogP contribution is 2.45. The van der Waals surface area contributed by atoms with Crippen molar-refractivity contribution in [1.29, 1.82) is 0 Å². The summed E-state index contributed by atoms with van der Waals surface area (Å²) in [5.41, 5.74) is -2.12. The lowest BCUT2D eigenvalue weighted by atomic mass is 10.1. The number of aromatic nitrogens is 2. The molecule has 0 atom stereocenters. The van der Waals surface area contributed by atoms with Crippen LogP contribution in [0.3, 0.4) is 0 Å². The Kier molecular flexibility index (Phi) is 5.20. The summed E-state index contributed by atoms with van der Waals surface area (Å²) in [7, 11) is -2.56. The zero-order valence-electron chi connectivity index (χ0n) is 16.0. The highest BCUT2D eigenvalue weighted by atomic mass is 35.5. The Morgan fingerprint density at radius 1 is 1.28 bits per heavy atom. The smallest absolute Gasteiger partial charge is 0.301 e. The largest absolute Gasteiger partial charge is 0.335 e. The van der Waals surface area contributed by atoms with Gasteiger partial charge in [-0.15, -0.1) is 0 Å². The summed E-state index contributed by atoms with van der Waals surface area (Å²) in [5, 5.41) is -0.350. The van der Waals surface area contributed by atoms with Crippen LogP contribution in [0.25, 0.3) is 5.69 Å². The lowest BCUT2D eigenvalue weighted by molar-refractivity contribution is 0.0981. The van der Waals surface area contributed by atoms with Crippen molar-refractivity contribution in [3.05, 3.63) is 61.1 Å². The molecule has 0 spiro atoms. The van der Waals surface area contributed by atoms with Gasteiger partial charge in [0.15, 0.2) is 0 Å². The molecule has 1 aromatic heterocycles. The van der Waals surface area contributed by atoms with Crippen LogP contribution in [-0.4, -0.2) is 28.2 Å². The molecule has 1 N–H and O–H groups in total. The van der Waals surface area contributed by atoms with Gasteiger partial charge in [0.1, 0.15) is 5.82 Å². The summed E-state index contributed by atoms with van der Waals surface area (Å²) in [5.74, 6) is -2.07. The predicted octanol–water partition coefficient (Wildman–Crippen LogP) is 1.64. The molecule has 11 heteroatoms. The Labute approximate surface area is 171 Å². The van der Waals surface area contributed by atoms with Gasteiger partial charge < -0.3 is 4.57 Å². The minimum Gasteiger partial charge on any atom is -0.301 e. The predicted molar refractivity (Wildman–Crippen MR) is 106 cm³/mol. The van der Waals surface area contributed by atoms with E-state index in [0.717, 1.165) is 22.8 Å². The fraction of sp³-hybridized carbons (Fsp3) is 0.389. The molecule has 1 amide bonds. The second-order valence-corrected chi connectivity index (χ2v) is 9.54. The topological polar surface area (TPSA) is 107 Å². The van der Waals surface area contributed by atoms with Crippen molar-refractivity contribution in [3.63, 3.8) is 0 Å². The third-order valence-electron chi connectivity index (χ3n) is 5.33. The number of halogens is 2. The minimum absolute atomic E-state index is 0.340. The first-order valence-corrected chi connectivity index (χ1v) is 10.7. The number of amides is 1. The van der Waals surface area contributed by atoms with Gasteiger partial charge in [0, 0.05) is 18.8 Å². The van der Waals surface area contributed by atoms with E-state index in [1.807, 2.05) is 4.72 Å². The molecular formula is C18H19ClFN3O5S. The molecule has 29 heavy (non-hydrogen) atoms. The highest BCUT2D eigenvalue weighted by molar-refractivity contribution is 7.91. The summed E-state index contributed by atoms with van der Waals surface area (Å²) in [4.78, 5) is 37.3. The Hall–Kier alpha value is -2.46. The molecule has 1 heterocycles. The van der Waals surface area contributed by atoms with Crippen LogP contribution in [0.4, 0.5) is 4.39 Å². The first-order chi connectivity index (χ1) is 13.4. The normalized spacial score (nSPS) is 15.2. The first-order valence-electron chi connectivity index (χ1n) is 8.80. The van der Waals surface area contributed by atoms with Gasteiger partial charge in [-0.3, -0.25) is 9.59 Å². The number of rotatable bonds is 5. The van der Waals surface area contributed by atoms with Crippen molar-refractivity contribution < 1.29 is 17.6 Å². The Morgan fingerprint density at radius 3 is 2.45 bits per heavy atom. The second-order valence-electron chi connectivity index (χ2n) is 7.06. The number of hydrogen-bond donors (Lipinski definition) is 1. The van der Waals surface area contributed by atoms with Crippen LogP contribution in [0.5, 0.6) is 0 Å². The number of sulfonamides is 1. The molecule has 156 valence electrons. The van der Waals surface area contributed by atoms with Crippen LogP contribution in [0.2, 0.25) is 5.02 Å². The molecule has 0 radical (unpaired) electrons. The highest BCUT2D eigenvalue weighted by Gasteiger charge is 2.53. The molecule has 1 aliphatic rings. The molecule has 8 nitrogen and oxygen atoms in total. The average molecular weight is 444 g/mol. The Bertz CT molecular complexity index is 1250. The number of carbonyl (C=O) groups excluding carboxylic acids is 1. The fourth-order valence-corrected chi connectivity index (χ4v) is 4.90. The van der Waals surface area contributed by atoms with Gasteiger partial charge >= 0.3 is 5.69 Å². The molecule has 0 aliphatic heterocycles. The van der Waals surface area contributed by atoms with Crippen molar-refractivity contribution >= 4 is 27.5 Å². The van der Waals surface area contributed by atoms with Gasteiger partial charge in [0.05, 0.1) is 21.0 Å². The molecule has 0 saturated heterocycles. The van der Waals surface area contributed by atoms with Gasteiger partial charge in [0.25, 0.3) is 11.5 Å². The van der Waals surface area contributed by atoms with E-state index in [9.17, 15) is 27.2 Å². The van der Waals surface area contributed by atoms with Crippen LogP contribution in [-0.2, 0) is 17.1 Å². The summed E-state index contributed by atoms with van der Waals surface area (Å²) < 4.78 is 42.2. The summed E-state index contributed by atoms with van der Waals surface area (Å²) >= 11 is 5.95. The van der Waals surface area contributed by atoms with Crippen LogP contribution in [0, 0.1) is 12.7 Å². The Balaban J connectivity index is 2.11. The van der Waals surface area contributed by atoms with E-state index in [-0.39, 0.29) is 10.6 Å². The van der Waals surface area contributed by atoms with E-state index in [4.69, 9.17) is 11.6 Å². The number of carbonyl (C=O) groups is 1. The van der Waals surface area contributed by atoms with E-state index in [1.165, 1.54) is 14.0 Å². The standard InChI is InChI=1S/C18H19ClFN3O5S/c1-4-18(5-6-18)29(27,28)21-16(25)11-8-14(13(20)9-12(11)19)23-15(24)7-10(2)22(3)17(23)26/h7-9H,4-6H2,1-3H3,(H,21,25). The van der Waals surface area contributed by atoms with Gasteiger partial charge in [0.2, 0.25) is 10.0 Å². The van der Waals surface area contributed by atoms with Crippen LogP contribution >= 0.6 is 11.6 Å². The average Bonchev–Trinajstić information content (AvgIpc) is 3.43. The summed E-state index contributed by atoms with van der Waals surface area (Å²) in [6, 6.07) is 2.79. The molecule has 1 aromatic carbocycles. The zero-order chi connectivity index (χ0) is 21.7. The fourth-order valence-electron chi connectivity index (χ4n) is 3.08. The quantitative estimate of drug-likeness (QED) is 0.755. The molecule has 1 fully saturated rings. The van der Waals surface area contributed by atoms with E-state index in [1.54, 1.807) is 6.92 Å². The summed E-state index contributed by atoms with van der Waals surface area (Å²) in [6.45, 7) is 3.25. The van der Waals surface area contributed by atoms with Crippen LogP contribution in [0.1, 0.15) is 42.2 Å². The molecular weight excluding hydrogens is 425 g/mol. The lowest BCUT2D eigenvalue weighted by Gasteiger charge is -2.16. The maximum Gasteiger partial charge on any atom is 0.335 e. The van der Waals surface area contributed by atoms with Crippen molar-refractivity contribution in [2.45, 2.75) is 37.9 Å². The third kappa shape index (κ3) is 3.51. The van der Waals surface area contributed by atoms with Crippen molar-refractivity contribution in [2.75, 3.05) is 0 Å². The number of nitrogens with zero attached hydrogens (tertiary/aromatic N) is 2. The Morgan fingerprint density at radius 2 is 1.90 bits per heavy atom. The van der Waals surface area contributed by atoms with E-state index >= 15 is 0 Å². The number of nitrogens with one attached hydrogen (secondary N) is 1. The molecule has 0 bridgehead atoms. The number of hydrogen-bond acceptors (Lipinski definition) is 5. The molecule has 2 aromatic rings. The number of benzene rings is 1. The van der Waals surface area contributed by atoms with Gasteiger partial charge in [-0.1, -0.05) is 18.5 Å². The lowest BCUT2D eigenvalue weighted by Crippen LogP contribution is -2.40. The summed E-state index contributed by atoms with van der Waals surface area (Å²) in [6.07, 6.45) is 1.21. The van der Waals surface area contributed by atoms with Gasteiger partial charge in [-0.25, -0.2) is 26.9 Å². The molecule has 1 aliphatic carbocycles. The second kappa shape index (κ2) is 7.10.